The molecule has 1 aliphatic heterocycles. The summed E-state index contributed by atoms with van der Waals surface area (Å²) in [5.41, 5.74) is 0. The van der Waals surface area contributed by atoms with E-state index in [1.807, 2.05) is 13.8 Å². The summed E-state index contributed by atoms with van der Waals surface area (Å²) in [6, 6.07) is 0.105. The number of nitrogens with one attached hydrogen (secondary N) is 1. The molecule has 0 bridgehead atoms. The molecule has 0 radical (unpaired) electrons. The van der Waals surface area contributed by atoms with Gasteiger partial charge in [-0.15, -0.1) is 0 Å². The van der Waals surface area contributed by atoms with Crippen molar-refractivity contribution >= 4 is 15.7 Å². The first kappa shape index (κ1) is 17.4. The van der Waals surface area contributed by atoms with Crippen LogP contribution in [0.15, 0.2) is 0 Å². The molecule has 1 unspecified atom stereocenters. The number of piperidine rings is 1. The second kappa shape index (κ2) is 7.41. The molecule has 0 spiro atoms. The highest BCUT2D eigenvalue weighted by Gasteiger charge is 2.31. The Balaban J connectivity index is 2.71. The van der Waals surface area contributed by atoms with E-state index >= 15 is 0 Å². The van der Waals surface area contributed by atoms with Gasteiger partial charge in [-0.2, -0.15) is 0 Å². The normalized spacial score (nSPS) is 25.2. The Morgan fingerprint density at radius 3 is 2.55 bits per heavy atom. The van der Waals surface area contributed by atoms with Crippen molar-refractivity contribution in [2.45, 2.75) is 52.6 Å². The van der Waals surface area contributed by atoms with E-state index in [0.717, 1.165) is 19.4 Å². The third-order valence-corrected chi connectivity index (χ3v) is 5.93. The Morgan fingerprint density at radius 2 is 2.05 bits per heavy atom. The zero-order valence-electron chi connectivity index (χ0n) is 13.1. The molecule has 0 aromatic rings. The van der Waals surface area contributed by atoms with Gasteiger partial charge in [0.2, 0.25) is 5.91 Å². The van der Waals surface area contributed by atoms with Crippen LogP contribution in [0.5, 0.6) is 0 Å². The second-order valence-corrected chi connectivity index (χ2v) is 8.15. The lowest BCUT2D eigenvalue weighted by atomic mass is 9.91. The average Bonchev–Trinajstić information content (AvgIpc) is 2.38. The van der Waals surface area contributed by atoms with Crippen LogP contribution >= 0.6 is 0 Å². The summed E-state index contributed by atoms with van der Waals surface area (Å²) >= 11 is 0. The third-order valence-electron chi connectivity index (χ3n) is 4.06. The zero-order valence-corrected chi connectivity index (χ0v) is 13.9. The van der Waals surface area contributed by atoms with E-state index < -0.39 is 9.84 Å². The van der Waals surface area contributed by atoms with Crippen molar-refractivity contribution in [3.63, 3.8) is 0 Å². The minimum Gasteiger partial charge on any atom is -0.339 e. The maximum atomic E-state index is 12.6. The molecule has 5 nitrogen and oxygen atoms in total. The lowest BCUT2D eigenvalue weighted by Gasteiger charge is -2.34. The first-order chi connectivity index (χ1) is 9.30. The minimum absolute atomic E-state index is 0.0259. The molecule has 0 aromatic heterocycles. The molecule has 0 saturated carbocycles. The van der Waals surface area contributed by atoms with Crippen LogP contribution in [0.1, 0.15) is 40.5 Å². The quantitative estimate of drug-likeness (QED) is 0.796. The summed E-state index contributed by atoms with van der Waals surface area (Å²) in [7, 11) is -3.06. The summed E-state index contributed by atoms with van der Waals surface area (Å²) < 4.78 is 23.5. The molecule has 1 N–H and O–H groups in total. The molecule has 1 aliphatic rings. The molecular formula is C14H28N2O3S. The molecule has 6 heteroatoms. The second-order valence-electron chi connectivity index (χ2n) is 5.75. The topological polar surface area (TPSA) is 66.5 Å². The van der Waals surface area contributed by atoms with E-state index in [-0.39, 0.29) is 29.4 Å². The zero-order chi connectivity index (χ0) is 15.3. The van der Waals surface area contributed by atoms with E-state index in [9.17, 15) is 13.2 Å². The number of sulfone groups is 1. The monoisotopic (exact) mass is 304 g/mol. The van der Waals surface area contributed by atoms with Crippen molar-refractivity contribution in [3.05, 3.63) is 0 Å². The summed E-state index contributed by atoms with van der Waals surface area (Å²) in [5, 5.41) is 3.33. The predicted octanol–water partition coefficient (Wildman–Crippen LogP) is 1.05. The van der Waals surface area contributed by atoms with Crippen LogP contribution < -0.4 is 5.32 Å². The summed E-state index contributed by atoms with van der Waals surface area (Å²) in [5.74, 6) is 0.328. The number of nitrogens with zero attached hydrogens (tertiary/aromatic N) is 1. The molecule has 1 fully saturated rings. The largest absolute Gasteiger partial charge is 0.339 e. The van der Waals surface area contributed by atoms with Crippen LogP contribution in [0.2, 0.25) is 0 Å². The first-order valence-corrected chi connectivity index (χ1v) is 9.37. The molecule has 0 aromatic carbocycles. The average molecular weight is 304 g/mol. The lowest BCUT2D eigenvalue weighted by molar-refractivity contribution is -0.138. The van der Waals surface area contributed by atoms with Gasteiger partial charge in [-0.3, -0.25) is 4.79 Å². The van der Waals surface area contributed by atoms with Crippen molar-refractivity contribution in [2.75, 3.05) is 24.6 Å². The first-order valence-electron chi connectivity index (χ1n) is 7.55. The van der Waals surface area contributed by atoms with Gasteiger partial charge in [0.15, 0.2) is 9.84 Å². The summed E-state index contributed by atoms with van der Waals surface area (Å²) in [6.45, 7) is 8.90. The van der Waals surface area contributed by atoms with Crippen LogP contribution in [0.25, 0.3) is 0 Å². The number of hydrogen-bond acceptors (Lipinski definition) is 4. The Kier molecular flexibility index (Phi) is 6.45. The van der Waals surface area contributed by atoms with Gasteiger partial charge in [0.05, 0.1) is 5.75 Å². The van der Waals surface area contributed by atoms with E-state index in [1.165, 1.54) is 0 Å². The van der Waals surface area contributed by atoms with Crippen molar-refractivity contribution < 1.29 is 13.2 Å². The Labute approximate surface area is 123 Å². The molecule has 118 valence electrons. The SMILES string of the molecule is CCN(C(=O)[C@H]1CCN[C@@H](C)C1)C(C)CS(=O)(=O)CC. The van der Waals surface area contributed by atoms with E-state index in [0.29, 0.717) is 12.6 Å². The van der Waals surface area contributed by atoms with Gasteiger partial charge in [0, 0.05) is 30.3 Å². The number of carbonyl (C=O) groups is 1. The van der Waals surface area contributed by atoms with Gasteiger partial charge >= 0.3 is 0 Å². The summed E-state index contributed by atoms with van der Waals surface area (Å²) in [4.78, 5) is 14.3. The van der Waals surface area contributed by atoms with Gasteiger partial charge < -0.3 is 10.2 Å². The van der Waals surface area contributed by atoms with Gasteiger partial charge in [-0.25, -0.2) is 8.42 Å². The van der Waals surface area contributed by atoms with Crippen LogP contribution in [0, 0.1) is 5.92 Å². The molecule has 0 aliphatic carbocycles. The fourth-order valence-electron chi connectivity index (χ4n) is 2.85. The fraction of sp³-hybridized carbons (Fsp3) is 0.929. The lowest BCUT2D eigenvalue weighted by Crippen LogP contribution is -2.48. The van der Waals surface area contributed by atoms with E-state index in [2.05, 4.69) is 12.2 Å². The molecular weight excluding hydrogens is 276 g/mol. The maximum absolute atomic E-state index is 12.6. The van der Waals surface area contributed by atoms with Gasteiger partial charge in [-0.1, -0.05) is 6.92 Å². The van der Waals surface area contributed by atoms with Crippen LogP contribution in [-0.4, -0.2) is 55.9 Å². The number of carbonyl (C=O) groups excluding carboxylic acids is 1. The van der Waals surface area contributed by atoms with Crippen LogP contribution in [-0.2, 0) is 14.6 Å². The van der Waals surface area contributed by atoms with E-state index in [1.54, 1.807) is 11.8 Å². The van der Waals surface area contributed by atoms with Crippen molar-refractivity contribution in [1.82, 2.24) is 10.2 Å². The van der Waals surface area contributed by atoms with Crippen molar-refractivity contribution in [3.8, 4) is 0 Å². The van der Waals surface area contributed by atoms with Crippen molar-refractivity contribution in [2.24, 2.45) is 5.92 Å². The third kappa shape index (κ3) is 4.74. The predicted molar refractivity (Wildman–Crippen MR) is 81.4 cm³/mol. The Hall–Kier alpha value is -0.620. The molecule has 20 heavy (non-hydrogen) atoms. The molecule has 1 saturated heterocycles. The van der Waals surface area contributed by atoms with Gasteiger partial charge in [-0.05, 0) is 40.2 Å². The number of hydrogen-bond donors (Lipinski definition) is 1. The Morgan fingerprint density at radius 1 is 1.40 bits per heavy atom. The van der Waals surface area contributed by atoms with Gasteiger partial charge in [0.1, 0.15) is 0 Å². The number of rotatable bonds is 6. The summed E-state index contributed by atoms with van der Waals surface area (Å²) in [6.07, 6.45) is 1.68. The standard InChI is InChI=1S/C14H28N2O3S/c1-5-16(12(4)10-20(18,19)6-2)14(17)13-7-8-15-11(3)9-13/h11-13,15H,5-10H2,1-4H3/t11-,12?,13-/m0/s1. The maximum Gasteiger partial charge on any atom is 0.226 e. The smallest absolute Gasteiger partial charge is 0.226 e. The van der Waals surface area contributed by atoms with Gasteiger partial charge in [0.25, 0.3) is 0 Å². The highest BCUT2D eigenvalue weighted by molar-refractivity contribution is 7.91. The molecule has 1 rings (SSSR count). The minimum atomic E-state index is -3.06. The fourth-order valence-corrected chi connectivity index (χ4v) is 4.00. The molecule has 3 atom stereocenters. The highest BCUT2D eigenvalue weighted by Crippen LogP contribution is 2.20. The van der Waals surface area contributed by atoms with E-state index in [4.69, 9.17) is 0 Å². The van der Waals surface area contributed by atoms with Crippen molar-refractivity contribution in [1.29, 1.82) is 0 Å². The molecule has 1 heterocycles. The Bertz CT molecular complexity index is 422. The highest BCUT2D eigenvalue weighted by atomic mass is 32.2. The van der Waals surface area contributed by atoms with Crippen LogP contribution in [0.4, 0.5) is 0 Å². The molecule has 1 amide bonds. The van der Waals surface area contributed by atoms with Crippen LogP contribution in [0.3, 0.4) is 0 Å². The number of amides is 1.